The Morgan fingerprint density at radius 2 is 1.60 bits per heavy atom. The number of amides is 2. The molecule has 1 aliphatic heterocycles. The first-order chi connectivity index (χ1) is 24.0. The second kappa shape index (κ2) is 18.6. The molecule has 2 amide bonds. The highest BCUT2D eigenvalue weighted by Gasteiger charge is 2.56. The quantitative estimate of drug-likeness (QED) is 0.102. The van der Waals surface area contributed by atoms with Gasteiger partial charge in [0.15, 0.2) is 0 Å². The zero-order valence-electron chi connectivity index (χ0n) is 28.2. The molecule has 0 bridgehead atoms. The van der Waals surface area contributed by atoms with E-state index in [1.807, 2.05) is 42.5 Å². The highest BCUT2D eigenvalue weighted by atomic mass is 32.2. The van der Waals surface area contributed by atoms with Crippen molar-refractivity contribution in [1.29, 1.82) is 0 Å². The Hall–Kier alpha value is -4.27. The van der Waals surface area contributed by atoms with Crippen LogP contribution in [0, 0.1) is 5.92 Å². The van der Waals surface area contributed by atoms with Gasteiger partial charge in [0.25, 0.3) is 11.7 Å². The molecule has 1 unspecified atom stereocenters. The van der Waals surface area contributed by atoms with Gasteiger partial charge in [-0.05, 0) is 47.6 Å². The van der Waals surface area contributed by atoms with Crippen LogP contribution in [0.5, 0.6) is 0 Å². The van der Waals surface area contributed by atoms with Crippen molar-refractivity contribution in [3.63, 3.8) is 0 Å². The number of nitrogens with two attached hydrogens (primary N) is 1. The lowest BCUT2D eigenvalue weighted by atomic mass is 9.84. The van der Waals surface area contributed by atoms with E-state index < -0.39 is 66.2 Å². The lowest BCUT2D eigenvalue weighted by Gasteiger charge is -2.48. The summed E-state index contributed by atoms with van der Waals surface area (Å²) >= 11 is 1.60. The fourth-order valence-electron chi connectivity index (χ4n) is 5.71. The number of carboxylic acids is 1. The molecular formula is C37H45N3O9S. The molecular weight excluding hydrogens is 662 g/mol. The molecule has 0 radical (unpaired) electrons. The number of thioether (sulfide) groups is 1. The summed E-state index contributed by atoms with van der Waals surface area (Å²) < 4.78 is 18.0. The summed E-state index contributed by atoms with van der Waals surface area (Å²) in [7, 11) is 0. The Balaban J connectivity index is 1.54. The zero-order valence-corrected chi connectivity index (χ0v) is 29.0. The number of aliphatic carboxylic acids is 1. The highest BCUT2D eigenvalue weighted by molar-refractivity contribution is 7.99. The van der Waals surface area contributed by atoms with E-state index in [1.165, 1.54) is 6.92 Å². The number of carbonyl (C=O) groups excluding carboxylic acids is 3. The number of hydrogen-bond donors (Lipinski definition) is 5. The van der Waals surface area contributed by atoms with Crippen LogP contribution in [0.2, 0.25) is 0 Å². The predicted octanol–water partition coefficient (Wildman–Crippen LogP) is 3.48. The second-order valence-corrected chi connectivity index (χ2v) is 13.3. The molecule has 4 rings (SSSR count). The van der Waals surface area contributed by atoms with Crippen LogP contribution < -0.4 is 16.4 Å². The van der Waals surface area contributed by atoms with Crippen LogP contribution in [-0.4, -0.2) is 95.3 Å². The number of ether oxygens (including phenoxy) is 3. The molecule has 13 heteroatoms. The van der Waals surface area contributed by atoms with E-state index in [0.717, 1.165) is 16.9 Å². The van der Waals surface area contributed by atoms with Gasteiger partial charge in [0.05, 0.1) is 36.8 Å². The minimum Gasteiger partial charge on any atom is -0.477 e. The molecule has 0 saturated carbocycles. The third kappa shape index (κ3) is 10.4. The molecule has 6 atom stereocenters. The summed E-state index contributed by atoms with van der Waals surface area (Å²) in [4.78, 5) is 51.6. The summed E-state index contributed by atoms with van der Waals surface area (Å²) in [5.74, 6) is -4.85. The highest BCUT2D eigenvalue weighted by Crippen LogP contribution is 2.37. The third-order valence-electron chi connectivity index (χ3n) is 8.40. The molecule has 0 aliphatic carbocycles. The van der Waals surface area contributed by atoms with E-state index in [2.05, 4.69) is 10.6 Å². The average molecular weight is 708 g/mol. The van der Waals surface area contributed by atoms with Gasteiger partial charge < -0.3 is 40.8 Å². The van der Waals surface area contributed by atoms with E-state index in [-0.39, 0.29) is 18.7 Å². The lowest BCUT2D eigenvalue weighted by Crippen LogP contribution is -2.67. The van der Waals surface area contributed by atoms with Gasteiger partial charge in [-0.1, -0.05) is 67.6 Å². The molecule has 3 aromatic rings. The fourth-order valence-corrected chi connectivity index (χ4v) is 6.40. The van der Waals surface area contributed by atoms with E-state index in [0.29, 0.717) is 24.3 Å². The lowest BCUT2D eigenvalue weighted by molar-refractivity contribution is -0.304. The minimum atomic E-state index is -2.27. The van der Waals surface area contributed by atoms with Crippen molar-refractivity contribution in [3.05, 3.63) is 96.1 Å². The van der Waals surface area contributed by atoms with Gasteiger partial charge in [0.2, 0.25) is 5.91 Å². The maximum atomic E-state index is 13.2. The van der Waals surface area contributed by atoms with Gasteiger partial charge in [-0.3, -0.25) is 9.59 Å². The predicted molar refractivity (Wildman–Crippen MR) is 189 cm³/mol. The van der Waals surface area contributed by atoms with Crippen LogP contribution in [0.3, 0.4) is 0 Å². The average Bonchev–Trinajstić information content (AvgIpc) is 3.13. The molecule has 268 valence electrons. The fraction of sp³-hybridized carbons (Fsp3) is 0.405. The topological polar surface area (TPSA) is 187 Å². The minimum absolute atomic E-state index is 0.0107. The van der Waals surface area contributed by atoms with Crippen LogP contribution in [0.1, 0.15) is 47.4 Å². The van der Waals surface area contributed by atoms with Gasteiger partial charge >= 0.3 is 11.9 Å². The number of carboxylic acid groups (broad SMARTS) is 1. The first-order valence-corrected chi connectivity index (χ1v) is 17.7. The van der Waals surface area contributed by atoms with Crippen molar-refractivity contribution in [2.24, 2.45) is 11.7 Å². The number of carbonyl (C=O) groups is 4. The Labute approximate surface area is 296 Å². The molecule has 50 heavy (non-hydrogen) atoms. The molecule has 12 nitrogen and oxygen atoms in total. The second-order valence-electron chi connectivity index (χ2n) is 12.1. The van der Waals surface area contributed by atoms with Crippen LogP contribution in [0.15, 0.2) is 84.9 Å². The van der Waals surface area contributed by atoms with Crippen LogP contribution >= 0.6 is 11.8 Å². The number of aliphatic hydroxyl groups excluding tert-OH is 1. The SMILES string of the molecule is CC(=O)N[C@H]1C([C@H](C)[C@H](O)CNC(=O)c2ccc(-c3ccccc3)cc2)O[C@@](OCCCSCCN)(C(=O)O)C[C@@H]1OC(=O)c1ccccc1. The van der Waals surface area contributed by atoms with Crippen molar-refractivity contribution >= 4 is 35.5 Å². The van der Waals surface area contributed by atoms with E-state index in [9.17, 15) is 29.4 Å². The molecule has 1 saturated heterocycles. The summed E-state index contributed by atoms with van der Waals surface area (Å²) in [5, 5.41) is 27.3. The number of esters is 1. The van der Waals surface area contributed by atoms with Gasteiger partial charge in [-0.15, -0.1) is 0 Å². The van der Waals surface area contributed by atoms with Gasteiger partial charge in [-0.25, -0.2) is 9.59 Å². The van der Waals surface area contributed by atoms with Crippen LogP contribution in [-0.2, 0) is 23.8 Å². The monoisotopic (exact) mass is 707 g/mol. The first kappa shape index (κ1) is 38.5. The molecule has 1 aliphatic rings. The number of hydrogen-bond acceptors (Lipinski definition) is 10. The van der Waals surface area contributed by atoms with Gasteiger partial charge in [-0.2, -0.15) is 11.8 Å². The van der Waals surface area contributed by atoms with Crippen molar-refractivity contribution in [2.45, 2.75) is 56.8 Å². The Morgan fingerprint density at radius 1 is 0.960 bits per heavy atom. The van der Waals surface area contributed by atoms with Crippen molar-refractivity contribution in [3.8, 4) is 11.1 Å². The number of nitrogens with one attached hydrogen (secondary N) is 2. The standard InChI is InChI=1S/C37H45N3O9S/c1-24(30(42)23-39-34(43)28-16-14-27(15-17-28)26-10-5-3-6-11-26)33-32(40-25(2)41)31(48-35(44)29-12-7-4-8-13-29)22-37(49-33,36(45)46)47-19-9-20-50-21-18-38/h3-8,10-17,24,30-33,42H,9,18-23,38H2,1-2H3,(H,39,43)(H,40,41)(H,45,46)/t24-,30-,31+,32-,33?,37-/m1/s1. The molecule has 3 aromatic carbocycles. The molecule has 1 heterocycles. The van der Waals surface area contributed by atoms with Crippen LogP contribution in [0.4, 0.5) is 0 Å². The molecule has 0 spiro atoms. The maximum absolute atomic E-state index is 13.2. The van der Waals surface area contributed by atoms with Crippen molar-refractivity contribution in [1.82, 2.24) is 10.6 Å². The third-order valence-corrected chi connectivity index (χ3v) is 9.50. The van der Waals surface area contributed by atoms with Crippen LogP contribution in [0.25, 0.3) is 11.1 Å². The number of rotatable bonds is 17. The molecule has 1 fully saturated rings. The number of benzene rings is 3. The largest absolute Gasteiger partial charge is 0.477 e. The summed E-state index contributed by atoms with van der Waals surface area (Å²) in [5.41, 5.74) is 8.11. The van der Waals surface area contributed by atoms with E-state index in [4.69, 9.17) is 19.9 Å². The summed E-state index contributed by atoms with van der Waals surface area (Å²) in [6, 6.07) is 23.8. The smallest absolute Gasteiger partial charge is 0.364 e. The maximum Gasteiger partial charge on any atom is 0.364 e. The van der Waals surface area contributed by atoms with Gasteiger partial charge in [0, 0.05) is 37.2 Å². The van der Waals surface area contributed by atoms with Crippen molar-refractivity contribution in [2.75, 3.05) is 31.2 Å². The summed E-state index contributed by atoms with van der Waals surface area (Å²) in [6.45, 7) is 3.17. The number of aliphatic hydroxyl groups is 1. The Morgan fingerprint density at radius 3 is 2.22 bits per heavy atom. The Bertz CT molecular complexity index is 1560. The first-order valence-electron chi connectivity index (χ1n) is 16.5. The molecule has 0 aromatic heterocycles. The van der Waals surface area contributed by atoms with Gasteiger partial charge in [0.1, 0.15) is 6.10 Å². The Kier molecular flexibility index (Phi) is 14.4. The summed E-state index contributed by atoms with van der Waals surface area (Å²) in [6.07, 6.45) is -3.65. The van der Waals surface area contributed by atoms with Crippen molar-refractivity contribution < 1.29 is 43.6 Å². The van der Waals surface area contributed by atoms with E-state index >= 15 is 0 Å². The normalized spacial score (nSPS) is 21.4. The van der Waals surface area contributed by atoms with E-state index in [1.54, 1.807) is 61.2 Å². The zero-order chi connectivity index (χ0) is 36.1. The molecule has 6 N–H and O–H groups in total.